The highest BCUT2D eigenvalue weighted by Crippen LogP contribution is 2.63. The maximum absolute atomic E-state index is 14.1. The van der Waals surface area contributed by atoms with E-state index >= 15 is 0 Å². The molecule has 0 radical (unpaired) electrons. The Labute approximate surface area is 295 Å². The van der Waals surface area contributed by atoms with Crippen LogP contribution in [0.15, 0.2) is 23.6 Å². The number of nitrogen functional groups attached to an aromatic ring is 1. The van der Waals surface area contributed by atoms with Crippen molar-refractivity contribution in [3.63, 3.8) is 0 Å². The van der Waals surface area contributed by atoms with E-state index in [0.717, 1.165) is 93.9 Å². The van der Waals surface area contributed by atoms with E-state index in [-0.39, 0.29) is 23.1 Å². The molecule has 1 aromatic carbocycles. The van der Waals surface area contributed by atoms with E-state index in [2.05, 4.69) is 31.9 Å². The Morgan fingerprint density at radius 3 is 2.60 bits per heavy atom. The molecule has 4 heterocycles. The molecular weight excluding hydrogens is 642 g/mol. The van der Waals surface area contributed by atoms with Gasteiger partial charge in [0.25, 0.3) is 0 Å². The lowest BCUT2D eigenvalue weighted by Gasteiger charge is -2.41. The van der Waals surface area contributed by atoms with E-state index in [1.165, 1.54) is 31.2 Å². The predicted octanol–water partition coefficient (Wildman–Crippen LogP) is 5.89. The van der Waals surface area contributed by atoms with Crippen molar-refractivity contribution in [3.8, 4) is 0 Å². The number of thiophene rings is 1. The largest absolute Gasteiger partial charge is 0.397 e. The Morgan fingerprint density at radius 2 is 1.88 bits per heavy atom. The summed E-state index contributed by atoms with van der Waals surface area (Å²) in [5, 5.41) is 21.7. The zero-order chi connectivity index (χ0) is 33.4. The molecule has 7 rings (SSSR count). The van der Waals surface area contributed by atoms with Gasteiger partial charge in [-0.05, 0) is 123 Å². The number of aryl methyl sites for hydroxylation is 1. The molecule has 2 saturated heterocycles. The van der Waals surface area contributed by atoms with Gasteiger partial charge in [0.05, 0.1) is 27.2 Å². The summed E-state index contributed by atoms with van der Waals surface area (Å²) in [6.45, 7) is 7.77. The number of benzene rings is 1. The Kier molecular flexibility index (Phi) is 10.4. The van der Waals surface area contributed by atoms with Crippen LogP contribution >= 0.6 is 22.9 Å². The van der Waals surface area contributed by atoms with Crippen molar-refractivity contribution < 1.29 is 14.7 Å². The van der Waals surface area contributed by atoms with Crippen LogP contribution in [-0.2, 0) is 22.4 Å². The van der Waals surface area contributed by atoms with Gasteiger partial charge in [0.1, 0.15) is 0 Å². The van der Waals surface area contributed by atoms with Crippen molar-refractivity contribution in [2.45, 2.75) is 96.1 Å². The minimum atomic E-state index is -0.516. The number of hydrogen-bond donors (Lipinski definition) is 4. The average Bonchev–Trinajstić information content (AvgIpc) is 3.65. The molecule has 4 fully saturated rings. The fraction of sp³-hybridized carbons (Fsp3) is 0.684. The van der Waals surface area contributed by atoms with E-state index in [9.17, 15) is 14.7 Å². The van der Waals surface area contributed by atoms with Gasteiger partial charge in [-0.25, -0.2) is 0 Å². The van der Waals surface area contributed by atoms with E-state index in [0.29, 0.717) is 47.3 Å². The van der Waals surface area contributed by atoms with Crippen LogP contribution in [0, 0.1) is 36.0 Å². The fourth-order valence-electron chi connectivity index (χ4n) is 9.66. The zero-order valence-corrected chi connectivity index (χ0v) is 30.1. The summed E-state index contributed by atoms with van der Waals surface area (Å²) in [5.41, 5.74) is 9.80. The van der Waals surface area contributed by atoms with E-state index < -0.39 is 6.10 Å². The number of amides is 2. The summed E-state index contributed by atoms with van der Waals surface area (Å²) >= 11 is 8.10. The number of fused-ring (bicyclic) bond motifs is 1. The maximum atomic E-state index is 14.1. The molecule has 8 nitrogen and oxygen atoms in total. The number of likely N-dealkylation sites (tertiary alicyclic amines) is 1. The first-order valence-electron chi connectivity index (χ1n) is 18.5. The monoisotopic (exact) mass is 695 g/mol. The number of aliphatic hydroxyl groups is 1. The van der Waals surface area contributed by atoms with E-state index in [1.807, 2.05) is 19.1 Å². The van der Waals surface area contributed by atoms with Crippen molar-refractivity contribution in [2.75, 3.05) is 50.3 Å². The summed E-state index contributed by atoms with van der Waals surface area (Å²) in [6.07, 6.45) is 10.9. The maximum Gasteiger partial charge on any atom is 0.231 e. The number of nitrogens with zero attached hydrogens (tertiary/aromatic N) is 2. The van der Waals surface area contributed by atoms with Gasteiger partial charge in [-0.1, -0.05) is 30.5 Å². The number of piperazine rings is 1. The zero-order valence-electron chi connectivity index (χ0n) is 28.5. The Bertz CT molecular complexity index is 1440. The molecule has 262 valence electrons. The quantitative estimate of drug-likeness (QED) is 0.231. The lowest BCUT2D eigenvalue weighted by molar-refractivity contribution is -0.138. The SMILES string of the molecule is Cc1cc(C[C@@H](CC(O)CCC2CCC(C3CC34Cc3ccsc3NC4=O)CC2)C(=O)N2CCC(N3CCNCC3)CC2)cc(Cl)c1N. The molecule has 1 aromatic heterocycles. The molecule has 2 aliphatic carbocycles. The van der Waals surface area contributed by atoms with Crippen LogP contribution in [0.3, 0.4) is 0 Å². The summed E-state index contributed by atoms with van der Waals surface area (Å²) in [7, 11) is 0. The Balaban J connectivity index is 0.917. The summed E-state index contributed by atoms with van der Waals surface area (Å²) in [6, 6.07) is 6.67. The van der Waals surface area contributed by atoms with Gasteiger partial charge in [0.2, 0.25) is 11.8 Å². The molecule has 3 unspecified atom stereocenters. The summed E-state index contributed by atoms with van der Waals surface area (Å²) in [5.74, 6) is 1.87. The van der Waals surface area contributed by atoms with Gasteiger partial charge in [0, 0.05) is 51.2 Å². The number of piperidine rings is 1. The first kappa shape index (κ1) is 34.3. The minimum absolute atomic E-state index is 0.165. The highest BCUT2D eigenvalue weighted by atomic mass is 35.5. The molecule has 10 heteroatoms. The number of anilines is 2. The van der Waals surface area contributed by atoms with E-state index in [1.54, 1.807) is 11.3 Å². The first-order chi connectivity index (χ1) is 23.2. The molecule has 4 atom stereocenters. The molecule has 2 saturated carbocycles. The fourth-order valence-corrected chi connectivity index (χ4v) is 10.8. The third kappa shape index (κ3) is 7.32. The van der Waals surface area contributed by atoms with Crippen LogP contribution < -0.4 is 16.4 Å². The summed E-state index contributed by atoms with van der Waals surface area (Å²) < 4.78 is 0. The highest BCUT2D eigenvalue weighted by Gasteiger charge is 2.63. The number of carbonyl (C=O) groups is 2. The number of aliphatic hydroxyl groups excluding tert-OH is 1. The van der Waals surface area contributed by atoms with Gasteiger partial charge in [-0.15, -0.1) is 11.3 Å². The van der Waals surface area contributed by atoms with Crippen LogP contribution in [0.25, 0.3) is 0 Å². The van der Waals surface area contributed by atoms with Crippen LogP contribution in [0.2, 0.25) is 5.02 Å². The van der Waals surface area contributed by atoms with Crippen molar-refractivity contribution in [2.24, 2.45) is 29.1 Å². The lowest BCUT2D eigenvalue weighted by Crippen LogP contribution is -2.53. The normalized spacial score (nSPS) is 29.4. The second kappa shape index (κ2) is 14.6. The van der Waals surface area contributed by atoms with Crippen LogP contribution in [0.5, 0.6) is 0 Å². The van der Waals surface area contributed by atoms with E-state index in [4.69, 9.17) is 17.3 Å². The highest BCUT2D eigenvalue weighted by molar-refractivity contribution is 7.14. The molecular formula is C38H54ClN5O3S. The standard InChI is InChI=1S/C38H54ClN5O3S/c1-24-18-26(20-33(39)34(24)40)19-29(36(46)44-13-8-30(9-14-44)43-15-11-41-12-16-43)21-31(45)7-4-25-2-5-27(6-3-25)32-23-38(32)22-28-10-17-48-35(28)42-37(38)47/h10,17-18,20,25,27,29-32,41,45H,2-9,11-16,19,21-23,40H2,1H3,(H,42,47)/t25?,27?,29-,31?,32?,38?/m0/s1. The molecule has 5 N–H and O–H groups in total. The number of nitrogens with two attached hydrogens (primary N) is 1. The van der Waals surface area contributed by atoms with Gasteiger partial charge >= 0.3 is 0 Å². The van der Waals surface area contributed by atoms with Gasteiger partial charge < -0.3 is 26.4 Å². The van der Waals surface area contributed by atoms with Crippen molar-refractivity contribution in [1.82, 2.24) is 15.1 Å². The molecule has 2 amide bonds. The van der Waals surface area contributed by atoms with Crippen LogP contribution in [0.4, 0.5) is 10.7 Å². The van der Waals surface area contributed by atoms with Gasteiger partial charge in [0.15, 0.2) is 0 Å². The first-order valence-corrected chi connectivity index (χ1v) is 19.8. The third-order valence-corrected chi connectivity index (χ3v) is 13.8. The number of carbonyl (C=O) groups excluding carboxylic acids is 2. The molecule has 0 bridgehead atoms. The number of hydrogen-bond acceptors (Lipinski definition) is 7. The van der Waals surface area contributed by atoms with Crippen molar-refractivity contribution in [3.05, 3.63) is 45.3 Å². The molecule has 5 aliphatic rings. The van der Waals surface area contributed by atoms with Gasteiger partial charge in [-0.2, -0.15) is 0 Å². The number of rotatable bonds is 10. The Morgan fingerprint density at radius 1 is 1.12 bits per heavy atom. The second-order valence-corrected chi connectivity index (χ2v) is 17.0. The van der Waals surface area contributed by atoms with Gasteiger partial charge in [-0.3, -0.25) is 14.5 Å². The van der Waals surface area contributed by atoms with Crippen LogP contribution in [-0.4, -0.2) is 78.1 Å². The molecule has 3 aliphatic heterocycles. The predicted molar refractivity (Wildman–Crippen MR) is 194 cm³/mol. The molecule has 2 aromatic rings. The third-order valence-electron chi connectivity index (χ3n) is 12.7. The summed E-state index contributed by atoms with van der Waals surface area (Å²) in [4.78, 5) is 31.8. The number of nitrogens with one attached hydrogen (secondary N) is 2. The minimum Gasteiger partial charge on any atom is -0.397 e. The second-order valence-electron chi connectivity index (χ2n) is 15.7. The number of halogens is 1. The molecule has 1 spiro atoms. The smallest absolute Gasteiger partial charge is 0.231 e. The molecule has 48 heavy (non-hydrogen) atoms. The van der Waals surface area contributed by atoms with Crippen LogP contribution in [0.1, 0.15) is 80.9 Å². The Hall–Kier alpha value is -2.17. The average molecular weight is 696 g/mol. The topological polar surface area (TPSA) is 111 Å². The van der Waals surface area contributed by atoms with Crippen molar-refractivity contribution in [1.29, 1.82) is 0 Å². The van der Waals surface area contributed by atoms with Crippen molar-refractivity contribution >= 4 is 45.4 Å². The lowest BCUT2D eigenvalue weighted by atomic mass is 9.75.